The fraction of sp³-hybridized carbons (Fsp3) is 0.200. The van der Waals surface area contributed by atoms with Gasteiger partial charge in [-0.1, -0.05) is 29.8 Å². The van der Waals surface area contributed by atoms with E-state index in [1.807, 2.05) is 6.08 Å². The first-order valence-corrected chi connectivity index (χ1v) is 8.86. The smallest absolute Gasteiger partial charge is 0.262 e. The second-order valence-corrected chi connectivity index (χ2v) is 6.70. The number of nitrogens with zero attached hydrogens (tertiary/aromatic N) is 1. The molecule has 1 aliphatic carbocycles. The Bertz CT molecular complexity index is 986. The molecule has 138 valence electrons. The third-order valence-corrected chi connectivity index (χ3v) is 4.98. The number of halogens is 1. The molecule has 2 aliphatic rings. The Morgan fingerprint density at radius 3 is 2.78 bits per heavy atom. The molecule has 1 aliphatic heterocycles. The van der Waals surface area contributed by atoms with Gasteiger partial charge < -0.3 is 15.2 Å². The van der Waals surface area contributed by atoms with Crippen LogP contribution >= 0.6 is 11.6 Å². The maximum atomic E-state index is 13.5. The number of Topliss-reactive ketones (excluding diaryl/α,β-unsaturated/α-hetero) is 1. The lowest BCUT2D eigenvalue weighted by Gasteiger charge is -2.38. The van der Waals surface area contributed by atoms with E-state index in [-0.39, 0.29) is 24.8 Å². The first-order chi connectivity index (χ1) is 13.1. The fourth-order valence-corrected chi connectivity index (χ4v) is 3.74. The summed E-state index contributed by atoms with van der Waals surface area (Å²) in [7, 11) is 1.50. The Morgan fingerprint density at radius 2 is 2.04 bits per heavy atom. The van der Waals surface area contributed by atoms with Crippen molar-refractivity contribution in [3.63, 3.8) is 0 Å². The van der Waals surface area contributed by atoms with Crippen LogP contribution in [0.15, 0.2) is 36.4 Å². The fourth-order valence-electron chi connectivity index (χ4n) is 3.57. The molecule has 2 N–H and O–H groups in total. The molecule has 1 unspecified atom stereocenters. The van der Waals surface area contributed by atoms with Gasteiger partial charge in [0.25, 0.3) is 5.91 Å². The van der Waals surface area contributed by atoms with Crippen molar-refractivity contribution in [2.45, 2.75) is 6.04 Å². The number of anilines is 2. The first-order valence-electron chi connectivity index (χ1n) is 8.48. The number of carbonyl (C=O) groups excluding carboxylic acids is 2. The number of aliphatic hydroxyl groups is 1. The van der Waals surface area contributed by atoms with Crippen molar-refractivity contribution in [2.75, 3.05) is 30.5 Å². The minimum absolute atomic E-state index is 0.0903. The minimum Gasteiger partial charge on any atom is -0.495 e. The van der Waals surface area contributed by atoms with E-state index in [0.29, 0.717) is 38.8 Å². The van der Waals surface area contributed by atoms with Gasteiger partial charge in [-0.25, -0.2) is 0 Å². The number of nitrogens with one attached hydrogen (secondary N) is 1. The molecule has 0 radical (unpaired) electrons. The molecule has 27 heavy (non-hydrogen) atoms. The summed E-state index contributed by atoms with van der Waals surface area (Å²) in [5.41, 5.74) is 2.37. The highest BCUT2D eigenvalue weighted by Gasteiger charge is 2.43. The zero-order valence-electron chi connectivity index (χ0n) is 14.5. The van der Waals surface area contributed by atoms with Crippen molar-refractivity contribution in [1.29, 1.82) is 0 Å². The van der Waals surface area contributed by atoms with E-state index in [4.69, 9.17) is 21.4 Å². The van der Waals surface area contributed by atoms with Gasteiger partial charge in [-0.05, 0) is 29.8 Å². The average Bonchev–Trinajstić information content (AvgIpc) is 2.67. The van der Waals surface area contributed by atoms with Gasteiger partial charge in [0.2, 0.25) is 0 Å². The second kappa shape index (κ2) is 6.72. The van der Waals surface area contributed by atoms with Crippen molar-refractivity contribution in [3.05, 3.63) is 58.1 Å². The van der Waals surface area contributed by atoms with Gasteiger partial charge in [-0.3, -0.25) is 14.5 Å². The molecule has 2 aromatic rings. The topological polar surface area (TPSA) is 78.9 Å². The summed E-state index contributed by atoms with van der Waals surface area (Å²) in [6.45, 7) is 0.181. The SMILES string of the molecule is COc1ccc(Cl)cc1N1C(=O)c2c(NCCO)ccc3c2C(=O)C1C=C3. The molecule has 6 nitrogen and oxygen atoms in total. The Hall–Kier alpha value is -2.83. The number of amides is 1. The van der Waals surface area contributed by atoms with Crippen LogP contribution in [0, 0.1) is 0 Å². The van der Waals surface area contributed by atoms with Crippen LogP contribution in [0.2, 0.25) is 5.02 Å². The summed E-state index contributed by atoms with van der Waals surface area (Å²) in [5, 5.41) is 12.6. The Kier molecular flexibility index (Phi) is 4.37. The number of ether oxygens (including phenoxy) is 1. The molecule has 2 aromatic carbocycles. The van der Waals surface area contributed by atoms with E-state index in [1.54, 1.807) is 36.4 Å². The number of rotatable bonds is 5. The van der Waals surface area contributed by atoms with E-state index in [1.165, 1.54) is 12.0 Å². The number of benzene rings is 2. The summed E-state index contributed by atoms with van der Waals surface area (Å²) in [6, 6.07) is 7.74. The van der Waals surface area contributed by atoms with Crippen molar-refractivity contribution < 1.29 is 19.4 Å². The molecule has 0 spiro atoms. The molecule has 7 heteroatoms. The number of aliphatic hydroxyl groups excluding tert-OH is 1. The molecule has 2 bridgehead atoms. The predicted octanol–water partition coefficient (Wildman–Crippen LogP) is 2.99. The molecule has 1 amide bonds. The predicted molar refractivity (Wildman–Crippen MR) is 104 cm³/mol. The lowest BCUT2D eigenvalue weighted by Crippen LogP contribution is -2.50. The number of hydrogen-bond donors (Lipinski definition) is 2. The molecule has 1 heterocycles. The van der Waals surface area contributed by atoms with E-state index in [0.717, 1.165) is 0 Å². The van der Waals surface area contributed by atoms with Crippen molar-refractivity contribution >= 4 is 40.7 Å². The molecule has 4 rings (SSSR count). The molecule has 0 saturated heterocycles. The Balaban J connectivity index is 1.93. The van der Waals surface area contributed by atoms with E-state index < -0.39 is 6.04 Å². The quantitative estimate of drug-likeness (QED) is 0.828. The molecule has 1 atom stereocenters. The van der Waals surface area contributed by atoms with Gasteiger partial charge in [0.1, 0.15) is 11.8 Å². The van der Waals surface area contributed by atoms with Crippen LogP contribution in [0.5, 0.6) is 5.75 Å². The number of ketones is 1. The second-order valence-electron chi connectivity index (χ2n) is 6.26. The van der Waals surface area contributed by atoms with Crippen LogP contribution in [0.1, 0.15) is 26.3 Å². The van der Waals surface area contributed by atoms with E-state index >= 15 is 0 Å². The van der Waals surface area contributed by atoms with Crippen LogP contribution in [-0.4, -0.2) is 43.1 Å². The monoisotopic (exact) mass is 384 g/mol. The third-order valence-electron chi connectivity index (χ3n) is 4.75. The summed E-state index contributed by atoms with van der Waals surface area (Å²) >= 11 is 6.14. The highest BCUT2D eigenvalue weighted by Crippen LogP contribution is 2.41. The summed E-state index contributed by atoms with van der Waals surface area (Å²) in [5.74, 6) is -0.0254. The standard InChI is InChI=1S/C20H17ClN2O4/c1-27-16-7-4-12(21)10-15(16)23-14-6-3-11-2-5-13(22-8-9-24)18(20(23)26)17(11)19(14)25/h2-7,10,14,22,24H,8-9H2,1H3. The van der Waals surface area contributed by atoms with E-state index in [9.17, 15) is 9.59 Å². The van der Waals surface area contributed by atoms with E-state index in [2.05, 4.69) is 5.32 Å². The van der Waals surface area contributed by atoms with Crippen molar-refractivity contribution in [1.82, 2.24) is 0 Å². The van der Waals surface area contributed by atoms with Crippen molar-refractivity contribution in [2.24, 2.45) is 0 Å². The number of methoxy groups -OCH3 is 1. The largest absolute Gasteiger partial charge is 0.495 e. The highest BCUT2D eigenvalue weighted by atomic mass is 35.5. The number of hydrogen-bond acceptors (Lipinski definition) is 5. The Morgan fingerprint density at radius 1 is 1.22 bits per heavy atom. The number of carbonyl (C=O) groups is 2. The summed E-state index contributed by atoms with van der Waals surface area (Å²) < 4.78 is 5.39. The van der Waals surface area contributed by atoms with Crippen LogP contribution in [0.25, 0.3) is 6.08 Å². The summed E-state index contributed by atoms with van der Waals surface area (Å²) in [6.07, 6.45) is 3.56. The average molecular weight is 385 g/mol. The maximum absolute atomic E-state index is 13.5. The lowest BCUT2D eigenvalue weighted by molar-refractivity contribution is 0.0885. The third kappa shape index (κ3) is 2.69. The van der Waals surface area contributed by atoms with Crippen LogP contribution in [0.3, 0.4) is 0 Å². The summed E-state index contributed by atoms with van der Waals surface area (Å²) in [4.78, 5) is 28.0. The van der Waals surface area contributed by atoms with Gasteiger partial charge in [0.05, 0.1) is 25.0 Å². The van der Waals surface area contributed by atoms with Crippen LogP contribution in [-0.2, 0) is 0 Å². The highest BCUT2D eigenvalue weighted by molar-refractivity contribution is 6.32. The van der Waals surface area contributed by atoms with Crippen molar-refractivity contribution in [3.8, 4) is 5.75 Å². The van der Waals surface area contributed by atoms with Gasteiger partial charge >= 0.3 is 0 Å². The van der Waals surface area contributed by atoms with Gasteiger partial charge in [0, 0.05) is 22.8 Å². The molecular formula is C20H17ClN2O4. The van der Waals surface area contributed by atoms with Gasteiger partial charge in [-0.15, -0.1) is 0 Å². The normalized spacial score (nSPS) is 17.3. The zero-order chi connectivity index (χ0) is 19.1. The first kappa shape index (κ1) is 17.6. The maximum Gasteiger partial charge on any atom is 0.262 e. The molecule has 0 fully saturated rings. The zero-order valence-corrected chi connectivity index (χ0v) is 15.3. The van der Waals surface area contributed by atoms with Gasteiger partial charge in [0.15, 0.2) is 5.78 Å². The molecule has 0 saturated carbocycles. The van der Waals surface area contributed by atoms with Crippen LogP contribution in [0.4, 0.5) is 11.4 Å². The number of fused-ring (bicyclic) bond motifs is 1. The Labute approximate surface area is 161 Å². The minimum atomic E-state index is -0.752. The molecular weight excluding hydrogens is 368 g/mol. The molecule has 0 aromatic heterocycles. The lowest BCUT2D eigenvalue weighted by atomic mass is 9.83. The van der Waals surface area contributed by atoms with Gasteiger partial charge in [-0.2, -0.15) is 0 Å². The van der Waals surface area contributed by atoms with Crippen LogP contribution < -0.4 is 15.0 Å².